The van der Waals surface area contributed by atoms with Gasteiger partial charge in [-0.1, -0.05) is 0 Å². The third-order valence-corrected chi connectivity index (χ3v) is 3.34. The number of ether oxygens (including phenoxy) is 1. The summed E-state index contributed by atoms with van der Waals surface area (Å²) in [6.45, 7) is 7.41. The Hall–Kier alpha value is -2.64. The number of aryl methyl sites for hydroxylation is 2. The topological polar surface area (TPSA) is 71.7 Å². The first-order valence-corrected chi connectivity index (χ1v) is 8.02. The molecule has 0 spiro atoms. The molecule has 2 rings (SSSR count). The second-order valence-corrected chi connectivity index (χ2v) is 5.30. The first-order valence-electron chi connectivity index (χ1n) is 8.02. The molecule has 0 saturated heterocycles. The molecule has 0 radical (unpaired) electrons. The van der Waals surface area contributed by atoms with Crippen LogP contribution in [0.15, 0.2) is 27.6 Å². The number of halogens is 2. The predicted molar refractivity (Wildman–Crippen MR) is 90.6 cm³/mol. The lowest BCUT2D eigenvalue weighted by molar-refractivity contribution is 0.318. The van der Waals surface area contributed by atoms with Crippen molar-refractivity contribution in [3.63, 3.8) is 0 Å². The zero-order valence-corrected chi connectivity index (χ0v) is 14.5. The fourth-order valence-electron chi connectivity index (χ4n) is 2.00. The number of hydrogen-bond acceptors (Lipinski definition) is 4. The van der Waals surface area contributed by atoms with Crippen molar-refractivity contribution in [2.45, 2.75) is 27.3 Å². The van der Waals surface area contributed by atoms with Crippen molar-refractivity contribution in [1.29, 1.82) is 0 Å². The minimum absolute atomic E-state index is 0.271. The highest BCUT2D eigenvalue weighted by Gasteiger charge is 2.06. The fraction of sp³-hybridized carbons (Fsp3) is 0.412. The third kappa shape index (κ3) is 5.74. The van der Waals surface area contributed by atoms with Gasteiger partial charge < -0.3 is 19.8 Å². The number of hydrogen-bond donors (Lipinski definition) is 2. The lowest BCUT2D eigenvalue weighted by Crippen LogP contribution is -2.39. The molecule has 1 aromatic heterocycles. The Kier molecular flexibility index (Phi) is 6.73. The number of guanidine groups is 1. The van der Waals surface area contributed by atoms with Gasteiger partial charge in [-0.2, -0.15) is 0 Å². The molecule has 2 aromatic rings. The molecule has 0 aliphatic carbocycles. The van der Waals surface area contributed by atoms with Crippen molar-refractivity contribution in [3.8, 4) is 5.75 Å². The van der Waals surface area contributed by atoms with Crippen molar-refractivity contribution >= 4 is 5.96 Å². The van der Waals surface area contributed by atoms with E-state index in [-0.39, 0.29) is 12.4 Å². The van der Waals surface area contributed by atoms with Crippen LogP contribution in [-0.4, -0.2) is 30.6 Å². The van der Waals surface area contributed by atoms with E-state index in [1.807, 2.05) is 20.8 Å². The van der Waals surface area contributed by atoms with Gasteiger partial charge in [0.1, 0.15) is 24.7 Å². The number of aliphatic imine (C=N–C) groups is 1. The van der Waals surface area contributed by atoms with Crippen LogP contribution in [0.1, 0.15) is 24.3 Å². The number of benzene rings is 1. The highest BCUT2D eigenvalue weighted by atomic mass is 19.2. The van der Waals surface area contributed by atoms with Gasteiger partial charge in [-0.25, -0.2) is 18.8 Å². The van der Waals surface area contributed by atoms with Crippen molar-refractivity contribution < 1.29 is 17.9 Å². The van der Waals surface area contributed by atoms with Crippen molar-refractivity contribution in [3.05, 3.63) is 47.2 Å². The van der Waals surface area contributed by atoms with Gasteiger partial charge in [0.25, 0.3) is 0 Å². The summed E-state index contributed by atoms with van der Waals surface area (Å²) in [5.41, 5.74) is 0.850. The molecule has 6 nitrogen and oxygen atoms in total. The predicted octanol–water partition coefficient (Wildman–Crippen LogP) is 2.70. The zero-order valence-electron chi connectivity index (χ0n) is 14.5. The summed E-state index contributed by atoms with van der Waals surface area (Å²) in [6.07, 6.45) is 0. The first-order chi connectivity index (χ1) is 12.0. The van der Waals surface area contributed by atoms with Gasteiger partial charge in [0, 0.05) is 12.6 Å². The van der Waals surface area contributed by atoms with E-state index in [2.05, 4.69) is 20.6 Å². The molecule has 0 amide bonds. The lowest BCUT2D eigenvalue weighted by Gasteiger charge is -2.11. The van der Waals surface area contributed by atoms with Crippen LogP contribution < -0.4 is 15.4 Å². The Morgan fingerprint density at radius 1 is 1.24 bits per heavy atom. The van der Waals surface area contributed by atoms with Gasteiger partial charge in [-0.3, -0.25) is 0 Å². The Morgan fingerprint density at radius 2 is 2.04 bits per heavy atom. The maximum absolute atomic E-state index is 13.1. The molecule has 0 unspecified atom stereocenters. The molecule has 1 aromatic carbocycles. The highest BCUT2D eigenvalue weighted by Crippen LogP contribution is 2.15. The summed E-state index contributed by atoms with van der Waals surface area (Å²) in [5, 5.41) is 6.18. The molecular weight excluding hydrogens is 330 g/mol. The van der Waals surface area contributed by atoms with Crippen LogP contribution in [0.2, 0.25) is 0 Å². The van der Waals surface area contributed by atoms with Crippen LogP contribution in [0.3, 0.4) is 0 Å². The van der Waals surface area contributed by atoms with E-state index in [4.69, 9.17) is 9.15 Å². The lowest BCUT2D eigenvalue weighted by atomic mass is 10.3. The average molecular weight is 352 g/mol. The Balaban J connectivity index is 1.82. The number of nitrogens with one attached hydrogen (secondary N) is 2. The standard InChI is InChI=1S/C17H22F2N4O2/c1-4-20-17(22-10-16-23-11(2)12(3)25-16)21-7-8-24-13-5-6-14(18)15(19)9-13/h5-6,9H,4,7-8,10H2,1-3H3,(H2,20,21,22). The summed E-state index contributed by atoms with van der Waals surface area (Å²) < 4.78 is 36.8. The van der Waals surface area contributed by atoms with Gasteiger partial charge in [-0.15, -0.1) is 0 Å². The maximum Gasteiger partial charge on any atom is 0.216 e. The van der Waals surface area contributed by atoms with Crippen LogP contribution in [0.5, 0.6) is 5.75 Å². The Labute approximate surface area is 145 Å². The van der Waals surface area contributed by atoms with Crippen molar-refractivity contribution in [2.24, 2.45) is 4.99 Å². The van der Waals surface area contributed by atoms with E-state index in [0.29, 0.717) is 31.5 Å². The monoisotopic (exact) mass is 352 g/mol. The van der Waals surface area contributed by atoms with Gasteiger partial charge in [0.05, 0.1) is 12.2 Å². The van der Waals surface area contributed by atoms with E-state index in [1.165, 1.54) is 6.07 Å². The third-order valence-electron chi connectivity index (χ3n) is 3.34. The second-order valence-electron chi connectivity index (χ2n) is 5.30. The van der Waals surface area contributed by atoms with E-state index in [1.54, 1.807) is 0 Å². The second kappa shape index (κ2) is 9.00. The number of rotatable bonds is 7. The molecule has 0 atom stereocenters. The largest absolute Gasteiger partial charge is 0.492 e. The van der Waals surface area contributed by atoms with Crippen molar-refractivity contribution in [2.75, 3.05) is 19.7 Å². The minimum atomic E-state index is -0.933. The molecule has 136 valence electrons. The average Bonchev–Trinajstić information content (AvgIpc) is 2.90. The number of nitrogens with zero attached hydrogens (tertiary/aromatic N) is 2. The number of aromatic nitrogens is 1. The molecule has 1 heterocycles. The van der Waals surface area contributed by atoms with Crippen LogP contribution in [-0.2, 0) is 6.54 Å². The summed E-state index contributed by atoms with van der Waals surface area (Å²) in [6, 6.07) is 3.43. The normalized spacial score (nSPS) is 11.5. The van der Waals surface area contributed by atoms with Crippen LogP contribution in [0.25, 0.3) is 0 Å². The molecular formula is C17H22F2N4O2. The molecule has 2 N–H and O–H groups in total. The smallest absolute Gasteiger partial charge is 0.216 e. The molecule has 0 aliphatic rings. The summed E-state index contributed by atoms with van der Waals surface area (Å²) in [4.78, 5) is 8.66. The first kappa shape index (κ1) is 18.7. The zero-order chi connectivity index (χ0) is 18.2. The van der Waals surface area contributed by atoms with Gasteiger partial charge in [0.15, 0.2) is 17.6 Å². The van der Waals surface area contributed by atoms with Crippen LogP contribution in [0, 0.1) is 25.5 Å². The number of oxazole rings is 1. The summed E-state index contributed by atoms with van der Waals surface area (Å²) in [7, 11) is 0. The molecule has 0 bridgehead atoms. The van der Waals surface area contributed by atoms with E-state index < -0.39 is 11.6 Å². The molecule has 8 heteroatoms. The van der Waals surface area contributed by atoms with E-state index in [0.717, 1.165) is 23.6 Å². The Bertz CT molecular complexity index is 712. The SMILES string of the molecule is CCNC(=NCc1nc(C)c(C)o1)NCCOc1ccc(F)c(F)c1. The molecule has 0 aliphatic heterocycles. The minimum Gasteiger partial charge on any atom is -0.492 e. The van der Waals surface area contributed by atoms with E-state index >= 15 is 0 Å². The van der Waals surface area contributed by atoms with Crippen LogP contribution >= 0.6 is 0 Å². The molecule has 0 saturated carbocycles. The van der Waals surface area contributed by atoms with E-state index in [9.17, 15) is 8.78 Å². The summed E-state index contributed by atoms with van der Waals surface area (Å²) in [5.74, 6) is 0.354. The fourth-order valence-corrected chi connectivity index (χ4v) is 2.00. The highest BCUT2D eigenvalue weighted by molar-refractivity contribution is 5.79. The summed E-state index contributed by atoms with van der Waals surface area (Å²) >= 11 is 0. The van der Waals surface area contributed by atoms with Gasteiger partial charge >= 0.3 is 0 Å². The Morgan fingerprint density at radius 3 is 2.68 bits per heavy atom. The van der Waals surface area contributed by atoms with Gasteiger partial charge in [0.2, 0.25) is 5.89 Å². The quantitative estimate of drug-likeness (QED) is 0.455. The molecule has 0 fully saturated rings. The van der Waals surface area contributed by atoms with Crippen LogP contribution in [0.4, 0.5) is 8.78 Å². The van der Waals surface area contributed by atoms with Gasteiger partial charge in [-0.05, 0) is 32.9 Å². The maximum atomic E-state index is 13.1. The molecule has 25 heavy (non-hydrogen) atoms. The van der Waals surface area contributed by atoms with Crippen molar-refractivity contribution in [1.82, 2.24) is 15.6 Å².